The summed E-state index contributed by atoms with van der Waals surface area (Å²) in [4.78, 5) is 30.2. The summed E-state index contributed by atoms with van der Waals surface area (Å²) in [5.41, 5.74) is 2.67. The van der Waals surface area contributed by atoms with Gasteiger partial charge in [0.25, 0.3) is 11.8 Å². The Balaban J connectivity index is 1.76. The molecule has 0 aliphatic carbocycles. The van der Waals surface area contributed by atoms with E-state index >= 15 is 0 Å². The van der Waals surface area contributed by atoms with Crippen molar-refractivity contribution in [3.05, 3.63) is 89.9 Å². The number of halogens is 1. The van der Waals surface area contributed by atoms with E-state index in [1.807, 2.05) is 44.1 Å². The Labute approximate surface area is 198 Å². The van der Waals surface area contributed by atoms with Crippen molar-refractivity contribution in [2.45, 2.75) is 13.3 Å². The van der Waals surface area contributed by atoms with Gasteiger partial charge in [0.05, 0.1) is 17.9 Å². The predicted octanol–water partition coefficient (Wildman–Crippen LogP) is 5.08. The van der Waals surface area contributed by atoms with Gasteiger partial charge >= 0.3 is 0 Å². The molecular weight excluding hydrogens is 433 g/mol. The second-order valence-electron chi connectivity index (χ2n) is 8.12. The number of nitrogens with one attached hydrogen (secondary N) is 1. The van der Waals surface area contributed by atoms with Crippen LogP contribution in [0.3, 0.4) is 0 Å². The molecule has 7 heteroatoms. The van der Waals surface area contributed by atoms with Crippen LogP contribution in [0.4, 0.5) is 21.5 Å². The monoisotopic (exact) mass is 459 g/mol. The van der Waals surface area contributed by atoms with Gasteiger partial charge in [-0.15, -0.1) is 0 Å². The van der Waals surface area contributed by atoms with E-state index in [2.05, 4.69) is 5.32 Å². The average molecular weight is 460 g/mol. The highest BCUT2D eigenvalue weighted by Crippen LogP contribution is 2.35. The fourth-order valence-electron chi connectivity index (χ4n) is 3.70. The summed E-state index contributed by atoms with van der Waals surface area (Å²) in [7, 11) is 3.77. The lowest BCUT2D eigenvalue weighted by Crippen LogP contribution is -2.32. The van der Waals surface area contributed by atoms with E-state index in [0.29, 0.717) is 29.3 Å². The van der Waals surface area contributed by atoms with E-state index < -0.39 is 17.6 Å². The molecule has 2 amide bonds. The highest BCUT2D eigenvalue weighted by atomic mass is 19.1. The smallest absolute Gasteiger partial charge is 0.282 e. The van der Waals surface area contributed by atoms with Crippen LogP contribution in [0.15, 0.2) is 78.5 Å². The highest BCUT2D eigenvalue weighted by molar-refractivity contribution is 6.46. The zero-order valence-corrected chi connectivity index (χ0v) is 19.3. The maximum Gasteiger partial charge on any atom is 0.282 e. The summed E-state index contributed by atoms with van der Waals surface area (Å²) in [6, 6.07) is 19.9. The molecule has 1 aliphatic heterocycles. The minimum atomic E-state index is -0.486. The van der Waals surface area contributed by atoms with Gasteiger partial charge in [-0.05, 0) is 54.4 Å². The third kappa shape index (κ3) is 4.64. The molecule has 6 nitrogen and oxygen atoms in total. The van der Waals surface area contributed by atoms with Crippen molar-refractivity contribution in [3.8, 4) is 5.75 Å². The number of imide groups is 1. The summed E-state index contributed by atoms with van der Waals surface area (Å²) in [6.07, 6.45) is 0.867. The second kappa shape index (κ2) is 9.79. The molecule has 0 saturated carbocycles. The molecule has 174 valence electrons. The van der Waals surface area contributed by atoms with Crippen molar-refractivity contribution in [2.24, 2.45) is 0 Å². The Morgan fingerprint density at radius 2 is 1.68 bits per heavy atom. The van der Waals surface area contributed by atoms with E-state index in [-0.39, 0.29) is 11.3 Å². The van der Waals surface area contributed by atoms with Crippen molar-refractivity contribution in [2.75, 3.05) is 35.8 Å². The second-order valence-corrected chi connectivity index (χ2v) is 8.12. The number of carbonyl (C=O) groups excluding carboxylic acids is 2. The lowest BCUT2D eigenvalue weighted by atomic mass is 10.0. The molecule has 0 fully saturated rings. The molecule has 0 spiro atoms. The first-order valence-corrected chi connectivity index (χ1v) is 11.1. The molecule has 0 saturated heterocycles. The van der Waals surface area contributed by atoms with Gasteiger partial charge in [0.2, 0.25) is 0 Å². The number of benzene rings is 3. The summed E-state index contributed by atoms with van der Waals surface area (Å²) < 4.78 is 19.3. The van der Waals surface area contributed by atoms with Crippen LogP contribution in [0, 0.1) is 5.82 Å². The third-order valence-electron chi connectivity index (χ3n) is 5.40. The molecule has 0 unspecified atom stereocenters. The topological polar surface area (TPSA) is 61.9 Å². The van der Waals surface area contributed by atoms with Crippen molar-refractivity contribution in [3.63, 3.8) is 0 Å². The van der Waals surface area contributed by atoms with Crippen LogP contribution in [-0.2, 0) is 9.59 Å². The molecule has 0 aromatic heterocycles. The number of carbonyl (C=O) groups is 2. The van der Waals surface area contributed by atoms with Crippen LogP contribution in [0.25, 0.3) is 5.57 Å². The molecule has 3 aromatic rings. The van der Waals surface area contributed by atoms with Gasteiger partial charge in [0.1, 0.15) is 17.3 Å². The quantitative estimate of drug-likeness (QED) is 0.476. The number of amides is 2. The van der Waals surface area contributed by atoms with Gasteiger partial charge in [-0.1, -0.05) is 31.2 Å². The lowest BCUT2D eigenvalue weighted by molar-refractivity contribution is -0.120. The van der Waals surface area contributed by atoms with Gasteiger partial charge < -0.3 is 15.0 Å². The standard InChI is InChI=1S/C27H26FN3O3/c1-4-15-34-23-10-5-7-20(16-23)29-25-24(18-11-13-19(28)14-12-18)26(32)31(27(25)33)22-9-6-8-21(17-22)30(2)3/h5-14,16-17,29H,4,15H2,1-3H3. The normalized spacial score (nSPS) is 13.5. The Bertz CT molecular complexity index is 1250. The highest BCUT2D eigenvalue weighted by Gasteiger charge is 2.40. The number of hydrogen-bond donors (Lipinski definition) is 1. The van der Waals surface area contributed by atoms with Crippen LogP contribution in [0.5, 0.6) is 5.75 Å². The molecule has 1 aliphatic rings. The predicted molar refractivity (Wildman–Crippen MR) is 132 cm³/mol. The number of ether oxygens (including phenoxy) is 1. The molecular formula is C27H26FN3O3. The largest absolute Gasteiger partial charge is 0.494 e. The molecule has 0 radical (unpaired) electrons. The van der Waals surface area contributed by atoms with E-state index in [9.17, 15) is 14.0 Å². The summed E-state index contributed by atoms with van der Waals surface area (Å²) in [5, 5.41) is 3.12. The van der Waals surface area contributed by atoms with E-state index in [4.69, 9.17) is 4.74 Å². The first-order chi connectivity index (χ1) is 16.4. The minimum absolute atomic E-state index is 0.125. The number of anilines is 3. The first kappa shape index (κ1) is 23.0. The molecule has 0 atom stereocenters. The van der Waals surface area contributed by atoms with Crippen molar-refractivity contribution in [1.29, 1.82) is 0 Å². The molecule has 34 heavy (non-hydrogen) atoms. The van der Waals surface area contributed by atoms with E-state index in [0.717, 1.165) is 17.0 Å². The maximum atomic E-state index is 13.6. The Morgan fingerprint density at radius 1 is 0.941 bits per heavy atom. The van der Waals surface area contributed by atoms with Crippen LogP contribution in [0.1, 0.15) is 18.9 Å². The number of hydrogen-bond acceptors (Lipinski definition) is 5. The van der Waals surface area contributed by atoms with Crippen LogP contribution < -0.4 is 19.9 Å². The van der Waals surface area contributed by atoms with E-state index in [1.165, 1.54) is 24.3 Å². The summed E-state index contributed by atoms with van der Waals surface area (Å²) in [5.74, 6) is -0.733. The average Bonchev–Trinajstić information content (AvgIpc) is 3.07. The minimum Gasteiger partial charge on any atom is -0.494 e. The van der Waals surface area contributed by atoms with Crippen LogP contribution in [0.2, 0.25) is 0 Å². The van der Waals surface area contributed by atoms with Crippen LogP contribution >= 0.6 is 0 Å². The lowest BCUT2D eigenvalue weighted by Gasteiger charge is -2.19. The molecule has 1 N–H and O–H groups in total. The number of rotatable bonds is 8. The van der Waals surface area contributed by atoms with Gasteiger partial charge in [-0.25, -0.2) is 9.29 Å². The van der Waals surface area contributed by atoms with Crippen LogP contribution in [-0.4, -0.2) is 32.5 Å². The van der Waals surface area contributed by atoms with Gasteiger partial charge in [0, 0.05) is 31.5 Å². The molecule has 4 rings (SSSR count). The fourth-order valence-corrected chi connectivity index (χ4v) is 3.70. The zero-order valence-electron chi connectivity index (χ0n) is 19.3. The van der Waals surface area contributed by atoms with Gasteiger partial charge in [-0.3, -0.25) is 9.59 Å². The van der Waals surface area contributed by atoms with Crippen molar-refractivity contribution < 1.29 is 18.7 Å². The Hall–Kier alpha value is -4.13. The van der Waals surface area contributed by atoms with Crippen molar-refractivity contribution in [1.82, 2.24) is 0 Å². The Morgan fingerprint density at radius 3 is 2.38 bits per heavy atom. The molecule has 1 heterocycles. The SMILES string of the molecule is CCCOc1cccc(NC2=C(c3ccc(F)cc3)C(=O)N(c3cccc(N(C)C)c3)C2=O)c1. The Kier molecular flexibility index (Phi) is 6.63. The zero-order chi connectivity index (χ0) is 24.2. The molecule has 3 aromatic carbocycles. The fraction of sp³-hybridized carbons (Fsp3) is 0.185. The summed E-state index contributed by atoms with van der Waals surface area (Å²) >= 11 is 0. The molecule has 0 bridgehead atoms. The first-order valence-electron chi connectivity index (χ1n) is 11.1. The van der Waals surface area contributed by atoms with Crippen molar-refractivity contribution >= 4 is 34.4 Å². The third-order valence-corrected chi connectivity index (χ3v) is 5.40. The van der Waals surface area contributed by atoms with Gasteiger partial charge in [-0.2, -0.15) is 0 Å². The summed E-state index contributed by atoms with van der Waals surface area (Å²) in [6.45, 7) is 2.59. The van der Waals surface area contributed by atoms with Gasteiger partial charge in [0.15, 0.2) is 0 Å². The van der Waals surface area contributed by atoms with E-state index in [1.54, 1.807) is 30.3 Å². The maximum absolute atomic E-state index is 13.6. The number of nitrogens with zero attached hydrogens (tertiary/aromatic N) is 2.